The zero-order valence-electron chi connectivity index (χ0n) is 8.07. The number of H-pyrrole nitrogens is 1. The molecule has 3 nitrogen and oxygen atoms in total. The van der Waals surface area contributed by atoms with Crippen molar-refractivity contribution in [2.45, 2.75) is 6.42 Å². The van der Waals surface area contributed by atoms with Crippen molar-refractivity contribution >= 4 is 0 Å². The number of aliphatic hydroxyl groups is 1. The third-order valence-corrected chi connectivity index (χ3v) is 2.13. The minimum atomic E-state index is -0.263. The van der Waals surface area contributed by atoms with E-state index >= 15 is 0 Å². The van der Waals surface area contributed by atoms with Gasteiger partial charge in [-0.1, -0.05) is 0 Å². The van der Waals surface area contributed by atoms with E-state index in [0.29, 0.717) is 12.2 Å². The summed E-state index contributed by atoms with van der Waals surface area (Å²) < 4.78 is 12.7. The summed E-state index contributed by atoms with van der Waals surface area (Å²) in [6, 6.07) is 6.11. The molecule has 0 saturated heterocycles. The molecule has 2 N–H and O–H groups in total. The van der Waals surface area contributed by atoms with Crippen molar-refractivity contribution in [3.8, 4) is 11.4 Å². The average Bonchev–Trinajstić information content (AvgIpc) is 2.68. The van der Waals surface area contributed by atoms with E-state index < -0.39 is 0 Å². The van der Waals surface area contributed by atoms with Crippen LogP contribution in [0, 0.1) is 5.82 Å². The fourth-order valence-electron chi connectivity index (χ4n) is 1.36. The maximum atomic E-state index is 12.7. The third kappa shape index (κ3) is 2.22. The molecule has 0 atom stereocenters. The minimum absolute atomic E-state index is 0.0883. The highest BCUT2D eigenvalue weighted by molar-refractivity contribution is 5.54. The van der Waals surface area contributed by atoms with E-state index in [9.17, 15) is 4.39 Å². The standard InChI is InChI=1S/C11H11FN2O/c12-9-3-1-8(2-4-9)11-13-7-10(14-11)5-6-15/h1-4,7,15H,5-6H2,(H,13,14). The second kappa shape index (κ2) is 4.23. The molecule has 2 aromatic rings. The Kier molecular flexibility index (Phi) is 2.78. The van der Waals surface area contributed by atoms with Crippen molar-refractivity contribution in [3.05, 3.63) is 42.0 Å². The predicted octanol–water partition coefficient (Wildman–Crippen LogP) is 1.75. The van der Waals surface area contributed by atoms with Crippen LogP contribution in [0.5, 0.6) is 0 Å². The van der Waals surface area contributed by atoms with Crippen LogP contribution in [0.3, 0.4) is 0 Å². The Morgan fingerprint density at radius 3 is 2.67 bits per heavy atom. The van der Waals surface area contributed by atoms with Gasteiger partial charge in [0.2, 0.25) is 0 Å². The van der Waals surface area contributed by atoms with Crippen molar-refractivity contribution in [2.24, 2.45) is 0 Å². The highest BCUT2D eigenvalue weighted by Gasteiger charge is 2.02. The van der Waals surface area contributed by atoms with Gasteiger partial charge in [0.25, 0.3) is 0 Å². The number of aliphatic hydroxyl groups excluding tert-OH is 1. The van der Waals surface area contributed by atoms with Gasteiger partial charge in [-0.25, -0.2) is 9.37 Å². The number of aromatic nitrogens is 2. The second-order valence-electron chi connectivity index (χ2n) is 3.24. The molecule has 0 fully saturated rings. The molecule has 2 rings (SSSR count). The van der Waals surface area contributed by atoms with Gasteiger partial charge in [-0.05, 0) is 24.3 Å². The molecule has 4 heteroatoms. The summed E-state index contributed by atoms with van der Waals surface area (Å²) in [6.45, 7) is 0.0883. The molecule has 0 amide bonds. The monoisotopic (exact) mass is 206 g/mol. The first kappa shape index (κ1) is 9.86. The lowest BCUT2D eigenvalue weighted by molar-refractivity contribution is 0.298. The number of hydrogen-bond donors (Lipinski definition) is 2. The molecule has 0 unspecified atom stereocenters. The smallest absolute Gasteiger partial charge is 0.137 e. The molecule has 0 aliphatic carbocycles. The summed E-state index contributed by atoms with van der Waals surface area (Å²) in [6.07, 6.45) is 2.23. The molecular formula is C11H11FN2O. The van der Waals surface area contributed by atoms with Crippen molar-refractivity contribution < 1.29 is 9.50 Å². The summed E-state index contributed by atoms with van der Waals surface area (Å²) in [5.41, 5.74) is 1.71. The van der Waals surface area contributed by atoms with Gasteiger partial charge in [0.05, 0.1) is 0 Å². The molecule has 1 heterocycles. The molecule has 0 spiro atoms. The number of rotatable bonds is 3. The van der Waals surface area contributed by atoms with Crippen molar-refractivity contribution in [1.82, 2.24) is 9.97 Å². The highest BCUT2D eigenvalue weighted by Crippen LogP contribution is 2.15. The Bertz CT molecular complexity index is 436. The Morgan fingerprint density at radius 1 is 1.27 bits per heavy atom. The highest BCUT2D eigenvalue weighted by atomic mass is 19.1. The molecule has 1 aromatic heterocycles. The summed E-state index contributed by atoms with van der Waals surface area (Å²) >= 11 is 0. The Labute approximate surface area is 86.6 Å². The number of aromatic amines is 1. The fraction of sp³-hybridized carbons (Fsp3) is 0.182. The average molecular weight is 206 g/mol. The predicted molar refractivity (Wildman–Crippen MR) is 54.8 cm³/mol. The van der Waals surface area contributed by atoms with Gasteiger partial charge in [0, 0.05) is 30.5 Å². The van der Waals surface area contributed by atoms with Crippen molar-refractivity contribution in [1.29, 1.82) is 0 Å². The van der Waals surface area contributed by atoms with E-state index in [2.05, 4.69) is 9.97 Å². The van der Waals surface area contributed by atoms with Crippen LogP contribution < -0.4 is 0 Å². The molecule has 0 aliphatic heterocycles. The number of imidazole rings is 1. The Balaban J connectivity index is 2.25. The summed E-state index contributed by atoms with van der Waals surface area (Å²) in [4.78, 5) is 7.20. The van der Waals surface area contributed by atoms with Gasteiger partial charge in [0.15, 0.2) is 0 Å². The van der Waals surface area contributed by atoms with E-state index in [1.807, 2.05) is 0 Å². The molecule has 78 valence electrons. The molecular weight excluding hydrogens is 195 g/mol. The van der Waals surface area contributed by atoms with Gasteiger partial charge in [-0.2, -0.15) is 0 Å². The Hall–Kier alpha value is -1.68. The zero-order valence-corrected chi connectivity index (χ0v) is 8.07. The van der Waals surface area contributed by atoms with Crippen LogP contribution in [0.4, 0.5) is 4.39 Å². The van der Waals surface area contributed by atoms with Crippen LogP contribution in [0.25, 0.3) is 11.4 Å². The van der Waals surface area contributed by atoms with E-state index in [1.165, 1.54) is 12.1 Å². The fourth-order valence-corrected chi connectivity index (χ4v) is 1.36. The van der Waals surface area contributed by atoms with Crippen LogP contribution in [0.15, 0.2) is 30.5 Å². The van der Waals surface area contributed by atoms with Crippen molar-refractivity contribution in [2.75, 3.05) is 6.61 Å². The van der Waals surface area contributed by atoms with Crippen LogP contribution in [-0.2, 0) is 6.42 Å². The molecule has 0 aliphatic rings. The second-order valence-corrected chi connectivity index (χ2v) is 3.24. The van der Waals surface area contributed by atoms with Crippen LogP contribution in [0.1, 0.15) is 5.69 Å². The third-order valence-electron chi connectivity index (χ3n) is 2.13. The van der Waals surface area contributed by atoms with Crippen LogP contribution in [0.2, 0.25) is 0 Å². The first-order chi connectivity index (χ1) is 7.29. The topological polar surface area (TPSA) is 48.9 Å². The van der Waals surface area contributed by atoms with Crippen molar-refractivity contribution in [3.63, 3.8) is 0 Å². The number of nitrogens with zero attached hydrogens (tertiary/aromatic N) is 1. The van der Waals surface area contributed by atoms with E-state index in [-0.39, 0.29) is 12.4 Å². The molecule has 0 radical (unpaired) electrons. The quantitative estimate of drug-likeness (QED) is 0.803. The van der Waals surface area contributed by atoms with Gasteiger partial charge in [0.1, 0.15) is 11.6 Å². The summed E-state index contributed by atoms with van der Waals surface area (Å²) in [5.74, 6) is 0.430. The minimum Gasteiger partial charge on any atom is -0.396 e. The maximum absolute atomic E-state index is 12.7. The number of halogens is 1. The first-order valence-electron chi connectivity index (χ1n) is 4.70. The largest absolute Gasteiger partial charge is 0.396 e. The zero-order chi connectivity index (χ0) is 10.7. The lowest BCUT2D eigenvalue weighted by atomic mass is 10.2. The van der Waals surface area contributed by atoms with Gasteiger partial charge < -0.3 is 10.1 Å². The summed E-state index contributed by atoms with van der Waals surface area (Å²) in [5, 5.41) is 8.74. The maximum Gasteiger partial charge on any atom is 0.137 e. The van der Waals surface area contributed by atoms with Crippen LogP contribution >= 0.6 is 0 Å². The lowest BCUT2D eigenvalue weighted by Crippen LogP contribution is -1.90. The number of hydrogen-bond acceptors (Lipinski definition) is 2. The van der Waals surface area contributed by atoms with E-state index in [0.717, 1.165) is 11.3 Å². The lowest BCUT2D eigenvalue weighted by Gasteiger charge is -1.96. The molecule has 1 aromatic carbocycles. The summed E-state index contributed by atoms with van der Waals surface area (Å²) in [7, 11) is 0. The van der Waals surface area contributed by atoms with E-state index in [1.54, 1.807) is 18.3 Å². The Morgan fingerprint density at radius 2 is 2.00 bits per heavy atom. The van der Waals surface area contributed by atoms with E-state index in [4.69, 9.17) is 5.11 Å². The molecule has 0 bridgehead atoms. The SMILES string of the molecule is OCCc1cnc(-c2ccc(F)cc2)[nH]1. The first-order valence-corrected chi connectivity index (χ1v) is 4.70. The number of nitrogens with one attached hydrogen (secondary N) is 1. The normalized spacial score (nSPS) is 10.5. The number of benzene rings is 1. The molecule has 0 saturated carbocycles. The van der Waals surface area contributed by atoms with Gasteiger partial charge in [-0.3, -0.25) is 0 Å². The van der Waals surface area contributed by atoms with Gasteiger partial charge in [-0.15, -0.1) is 0 Å². The van der Waals surface area contributed by atoms with Gasteiger partial charge >= 0.3 is 0 Å². The van der Waals surface area contributed by atoms with Crippen LogP contribution in [-0.4, -0.2) is 21.7 Å². The molecule has 15 heavy (non-hydrogen) atoms.